The van der Waals surface area contributed by atoms with Crippen LogP contribution in [-0.2, 0) is 4.74 Å². The van der Waals surface area contributed by atoms with Gasteiger partial charge in [0.05, 0.1) is 5.56 Å². The van der Waals surface area contributed by atoms with Crippen LogP contribution in [0.15, 0.2) is 12.3 Å². The lowest BCUT2D eigenvalue weighted by atomic mass is 10.2. The number of rotatable bonds is 1. The van der Waals surface area contributed by atoms with Gasteiger partial charge < -0.3 is 4.74 Å². The molecular weight excluding hydrogens is 221 g/mol. The van der Waals surface area contributed by atoms with Crippen molar-refractivity contribution >= 4 is 17.6 Å². The van der Waals surface area contributed by atoms with Crippen LogP contribution < -0.4 is 0 Å². The van der Waals surface area contributed by atoms with E-state index in [1.165, 1.54) is 6.20 Å². The Labute approximate surface area is 92.2 Å². The second-order valence-corrected chi connectivity index (χ2v) is 4.36. The van der Waals surface area contributed by atoms with Gasteiger partial charge in [0, 0.05) is 6.20 Å². The van der Waals surface area contributed by atoms with Gasteiger partial charge in [-0.05, 0) is 26.8 Å². The molecule has 0 fully saturated rings. The number of hydrogen-bond acceptors (Lipinski definition) is 3. The Kier molecular flexibility index (Phi) is 3.29. The van der Waals surface area contributed by atoms with Crippen molar-refractivity contribution < 1.29 is 13.9 Å². The highest BCUT2D eigenvalue weighted by Crippen LogP contribution is 2.15. The predicted octanol–water partition coefficient (Wildman–Crippen LogP) is 2.83. The third-order valence-corrected chi connectivity index (χ3v) is 1.71. The Morgan fingerprint density at radius 2 is 2.13 bits per heavy atom. The first-order valence-electron chi connectivity index (χ1n) is 4.34. The summed E-state index contributed by atoms with van der Waals surface area (Å²) in [6, 6.07) is 1.00. The zero-order valence-corrected chi connectivity index (χ0v) is 9.43. The molecule has 5 heteroatoms. The molecule has 0 spiro atoms. The van der Waals surface area contributed by atoms with Crippen molar-refractivity contribution in [1.82, 2.24) is 4.98 Å². The van der Waals surface area contributed by atoms with E-state index >= 15 is 0 Å². The third-order valence-electron chi connectivity index (χ3n) is 1.43. The van der Waals surface area contributed by atoms with Crippen LogP contribution in [0.3, 0.4) is 0 Å². The first-order chi connectivity index (χ1) is 6.79. The Hall–Kier alpha value is -1.16. The van der Waals surface area contributed by atoms with Crippen molar-refractivity contribution in [3.63, 3.8) is 0 Å². The van der Waals surface area contributed by atoms with E-state index in [2.05, 4.69) is 4.98 Å². The molecule has 0 radical (unpaired) electrons. The SMILES string of the molecule is CC(C)(C)OC(=O)c1cnc(Cl)c(F)c1. The number of ether oxygens (including phenoxy) is 1. The molecule has 0 bridgehead atoms. The number of esters is 1. The maximum absolute atomic E-state index is 13.0. The van der Waals surface area contributed by atoms with Crippen LogP contribution in [0.4, 0.5) is 4.39 Å². The van der Waals surface area contributed by atoms with E-state index in [0.29, 0.717) is 0 Å². The topological polar surface area (TPSA) is 39.2 Å². The number of pyridine rings is 1. The monoisotopic (exact) mass is 231 g/mol. The highest BCUT2D eigenvalue weighted by molar-refractivity contribution is 6.29. The maximum atomic E-state index is 13.0. The van der Waals surface area contributed by atoms with Crippen LogP contribution in [0.2, 0.25) is 5.15 Å². The molecule has 82 valence electrons. The van der Waals surface area contributed by atoms with E-state index in [1.807, 2.05) is 0 Å². The molecule has 1 aromatic rings. The fraction of sp³-hybridized carbons (Fsp3) is 0.400. The first kappa shape index (κ1) is 11.9. The lowest BCUT2D eigenvalue weighted by molar-refractivity contribution is 0.00685. The van der Waals surface area contributed by atoms with Crippen molar-refractivity contribution in [2.45, 2.75) is 26.4 Å². The van der Waals surface area contributed by atoms with Crippen LogP contribution in [0.25, 0.3) is 0 Å². The smallest absolute Gasteiger partial charge is 0.340 e. The van der Waals surface area contributed by atoms with E-state index in [4.69, 9.17) is 16.3 Å². The molecule has 0 aromatic carbocycles. The number of aromatic nitrogens is 1. The number of halogens is 2. The van der Waals surface area contributed by atoms with Gasteiger partial charge in [-0.2, -0.15) is 0 Å². The lowest BCUT2D eigenvalue weighted by Gasteiger charge is -2.19. The number of carbonyl (C=O) groups is 1. The second-order valence-electron chi connectivity index (χ2n) is 4.00. The summed E-state index contributed by atoms with van der Waals surface area (Å²) < 4.78 is 18.0. The third kappa shape index (κ3) is 3.47. The van der Waals surface area contributed by atoms with Crippen molar-refractivity contribution in [3.05, 3.63) is 28.8 Å². The summed E-state index contributed by atoms with van der Waals surface area (Å²) in [7, 11) is 0. The molecule has 0 saturated carbocycles. The Morgan fingerprint density at radius 1 is 1.53 bits per heavy atom. The molecule has 0 atom stereocenters. The van der Waals surface area contributed by atoms with Gasteiger partial charge in [0.1, 0.15) is 5.60 Å². The Bertz CT molecular complexity index is 387. The summed E-state index contributed by atoms with van der Waals surface area (Å²) in [5, 5.41) is -0.262. The van der Waals surface area contributed by atoms with Gasteiger partial charge in [0.2, 0.25) is 0 Å². The normalized spacial score (nSPS) is 11.3. The van der Waals surface area contributed by atoms with Gasteiger partial charge in [-0.15, -0.1) is 0 Å². The van der Waals surface area contributed by atoms with Crippen molar-refractivity contribution in [3.8, 4) is 0 Å². The quantitative estimate of drug-likeness (QED) is 0.551. The molecule has 15 heavy (non-hydrogen) atoms. The summed E-state index contributed by atoms with van der Waals surface area (Å²) in [4.78, 5) is 15.0. The molecule has 1 aromatic heterocycles. The molecule has 1 heterocycles. The van der Waals surface area contributed by atoms with Gasteiger partial charge >= 0.3 is 5.97 Å². The van der Waals surface area contributed by atoms with Crippen LogP contribution in [0.1, 0.15) is 31.1 Å². The molecular formula is C10H11ClFNO2. The highest BCUT2D eigenvalue weighted by Gasteiger charge is 2.19. The van der Waals surface area contributed by atoms with Crippen LogP contribution in [0, 0.1) is 5.82 Å². The molecule has 0 aliphatic rings. The fourth-order valence-corrected chi connectivity index (χ4v) is 0.973. The summed E-state index contributed by atoms with van der Waals surface area (Å²) >= 11 is 5.38. The zero-order valence-electron chi connectivity index (χ0n) is 8.67. The molecule has 0 amide bonds. The molecule has 0 unspecified atom stereocenters. The van der Waals surface area contributed by atoms with E-state index in [0.717, 1.165) is 6.07 Å². The predicted molar refractivity (Wildman–Crippen MR) is 54.4 cm³/mol. The van der Waals surface area contributed by atoms with Gasteiger partial charge in [-0.3, -0.25) is 0 Å². The second kappa shape index (κ2) is 4.14. The van der Waals surface area contributed by atoms with E-state index in [1.54, 1.807) is 20.8 Å². The number of carbonyl (C=O) groups excluding carboxylic acids is 1. The van der Waals surface area contributed by atoms with E-state index < -0.39 is 17.4 Å². The molecule has 1 rings (SSSR count). The van der Waals surface area contributed by atoms with Gasteiger partial charge in [0.25, 0.3) is 0 Å². The maximum Gasteiger partial charge on any atom is 0.340 e. The average molecular weight is 232 g/mol. The largest absolute Gasteiger partial charge is 0.456 e. The van der Waals surface area contributed by atoms with Crippen molar-refractivity contribution in [1.29, 1.82) is 0 Å². The zero-order chi connectivity index (χ0) is 11.6. The molecule has 0 N–H and O–H groups in total. The molecule has 0 aliphatic carbocycles. The van der Waals surface area contributed by atoms with Crippen LogP contribution in [-0.4, -0.2) is 16.6 Å². The van der Waals surface area contributed by atoms with Crippen LogP contribution in [0.5, 0.6) is 0 Å². The first-order valence-corrected chi connectivity index (χ1v) is 4.72. The van der Waals surface area contributed by atoms with Gasteiger partial charge in [-0.25, -0.2) is 14.2 Å². The highest BCUT2D eigenvalue weighted by atomic mass is 35.5. The molecule has 3 nitrogen and oxygen atoms in total. The summed E-state index contributed by atoms with van der Waals surface area (Å²) in [6.45, 7) is 5.18. The van der Waals surface area contributed by atoms with E-state index in [9.17, 15) is 9.18 Å². The number of hydrogen-bond donors (Lipinski definition) is 0. The summed E-state index contributed by atoms with van der Waals surface area (Å²) in [5.74, 6) is -1.36. The fourth-order valence-electron chi connectivity index (χ4n) is 0.870. The lowest BCUT2D eigenvalue weighted by Crippen LogP contribution is -2.24. The van der Waals surface area contributed by atoms with E-state index in [-0.39, 0.29) is 10.7 Å². The van der Waals surface area contributed by atoms with Gasteiger partial charge in [0.15, 0.2) is 11.0 Å². The molecule has 0 saturated heterocycles. The van der Waals surface area contributed by atoms with Crippen molar-refractivity contribution in [2.75, 3.05) is 0 Å². The molecule has 0 aliphatic heterocycles. The number of nitrogens with zero attached hydrogens (tertiary/aromatic N) is 1. The summed E-state index contributed by atoms with van der Waals surface area (Å²) in [6.07, 6.45) is 1.18. The van der Waals surface area contributed by atoms with Gasteiger partial charge in [-0.1, -0.05) is 11.6 Å². The minimum atomic E-state index is -0.736. The summed E-state index contributed by atoms with van der Waals surface area (Å²) in [5.41, 5.74) is -0.570. The van der Waals surface area contributed by atoms with Crippen molar-refractivity contribution in [2.24, 2.45) is 0 Å². The average Bonchev–Trinajstić information content (AvgIpc) is 2.06. The Balaban J connectivity index is 2.88. The van der Waals surface area contributed by atoms with Crippen LogP contribution >= 0.6 is 11.6 Å². The Morgan fingerprint density at radius 3 is 2.60 bits per heavy atom. The standard InChI is InChI=1S/C10H11ClFNO2/c1-10(2,3)15-9(14)6-4-7(12)8(11)13-5-6/h4-5H,1-3H3. The minimum absolute atomic E-state index is 0.0480. The minimum Gasteiger partial charge on any atom is -0.456 e.